The maximum absolute atomic E-state index is 13.4. The third kappa shape index (κ3) is 4.42. The maximum Gasteiger partial charge on any atom is 0.243 e. The summed E-state index contributed by atoms with van der Waals surface area (Å²) in [4.78, 5) is 0.189. The van der Waals surface area contributed by atoms with E-state index >= 15 is 0 Å². The molecule has 1 aliphatic heterocycles. The number of ether oxygens (including phenoxy) is 1. The molecule has 0 unspecified atom stereocenters. The highest BCUT2D eigenvalue weighted by molar-refractivity contribution is 7.92. The number of piperazine rings is 1. The molecule has 0 amide bonds. The Hall–Kier alpha value is -2.72. The maximum atomic E-state index is 13.4. The second-order valence-electron chi connectivity index (χ2n) is 7.37. The van der Waals surface area contributed by atoms with Crippen LogP contribution in [-0.2, 0) is 20.0 Å². The normalized spacial score (nSPS) is 16.5. The molecule has 4 rings (SSSR count). The molecule has 0 radical (unpaired) electrons. The van der Waals surface area contributed by atoms with E-state index in [9.17, 15) is 16.8 Å². The molecule has 0 N–H and O–H groups in total. The summed E-state index contributed by atoms with van der Waals surface area (Å²) in [6, 6.07) is 19.5. The zero-order valence-corrected chi connectivity index (χ0v) is 19.2. The molecule has 0 aromatic heterocycles. The highest BCUT2D eigenvalue weighted by Gasteiger charge is 2.33. The van der Waals surface area contributed by atoms with Gasteiger partial charge >= 0.3 is 0 Å². The summed E-state index contributed by atoms with van der Waals surface area (Å²) >= 11 is 0. The van der Waals surface area contributed by atoms with Crippen molar-refractivity contribution >= 4 is 36.9 Å². The highest BCUT2D eigenvalue weighted by atomic mass is 32.2. The van der Waals surface area contributed by atoms with Gasteiger partial charge in [0.1, 0.15) is 5.75 Å². The Morgan fingerprint density at radius 2 is 1.34 bits per heavy atom. The van der Waals surface area contributed by atoms with Gasteiger partial charge in [-0.1, -0.05) is 54.6 Å². The fourth-order valence-electron chi connectivity index (χ4n) is 3.77. The molecule has 0 spiro atoms. The van der Waals surface area contributed by atoms with Crippen LogP contribution in [0.5, 0.6) is 5.75 Å². The van der Waals surface area contributed by atoms with Crippen LogP contribution in [0.3, 0.4) is 0 Å². The number of sulfonamides is 2. The summed E-state index contributed by atoms with van der Waals surface area (Å²) in [6.07, 6.45) is 1.54. The second kappa shape index (κ2) is 9.03. The summed E-state index contributed by atoms with van der Waals surface area (Å²) in [6.45, 7) is 0.353. The summed E-state index contributed by atoms with van der Waals surface area (Å²) in [7, 11) is -5.90. The van der Waals surface area contributed by atoms with Gasteiger partial charge in [0.2, 0.25) is 20.0 Å². The van der Waals surface area contributed by atoms with Gasteiger partial charge in [-0.15, -0.1) is 0 Å². The van der Waals surface area contributed by atoms with Crippen LogP contribution in [-0.4, -0.2) is 58.7 Å². The SMILES string of the molecule is COc1ccc(S(=O)(=O)N2CCN(S(=O)(=O)/C=C/c3ccccc3)CC2)c2ccccc12. The molecule has 9 heteroatoms. The molecular weight excluding hydrogens is 448 g/mol. The van der Waals surface area contributed by atoms with E-state index in [0.29, 0.717) is 16.5 Å². The van der Waals surface area contributed by atoms with E-state index < -0.39 is 20.0 Å². The molecular formula is C23H24N2O5S2. The summed E-state index contributed by atoms with van der Waals surface area (Å²) in [5, 5.41) is 2.46. The number of rotatable bonds is 6. The van der Waals surface area contributed by atoms with E-state index in [0.717, 1.165) is 5.56 Å². The standard InChI is InChI=1S/C23H24N2O5S2/c1-30-22-11-12-23(21-10-6-5-9-20(21)22)32(28,29)25-16-14-24(15-17-25)31(26,27)18-13-19-7-3-2-4-8-19/h2-13,18H,14-17H2,1H3/b18-13+. The Morgan fingerprint density at radius 1 is 0.750 bits per heavy atom. The van der Waals surface area contributed by atoms with Crippen LogP contribution >= 0.6 is 0 Å². The topological polar surface area (TPSA) is 84.0 Å². The third-order valence-electron chi connectivity index (χ3n) is 5.47. The van der Waals surface area contributed by atoms with Crippen molar-refractivity contribution in [2.24, 2.45) is 0 Å². The summed E-state index contributed by atoms with van der Waals surface area (Å²) in [5.41, 5.74) is 0.781. The minimum Gasteiger partial charge on any atom is -0.496 e. The van der Waals surface area contributed by atoms with E-state index in [-0.39, 0.29) is 31.1 Å². The molecule has 1 fully saturated rings. The highest BCUT2D eigenvalue weighted by Crippen LogP contribution is 2.32. The average Bonchev–Trinajstić information content (AvgIpc) is 2.83. The molecule has 32 heavy (non-hydrogen) atoms. The minimum absolute atomic E-state index is 0.0844. The lowest BCUT2D eigenvalue weighted by Gasteiger charge is -2.32. The van der Waals surface area contributed by atoms with Gasteiger partial charge in [-0.25, -0.2) is 16.8 Å². The van der Waals surface area contributed by atoms with Gasteiger partial charge in [0.15, 0.2) is 0 Å². The first-order chi connectivity index (χ1) is 15.3. The van der Waals surface area contributed by atoms with E-state index in [1.54, 1.807) is 37.5 Å². The molecule has 168 valence electrons. The third-order valence-corrected chi connectivity index (χ3v) is 8.99. The van der Waals surface area contributed by atoms with Crippen LogP contribution in [0.1, 0.15) is 5.56 Å². The first-order valence-corrected chi connectivity index (χ1v) is 13.1. The molecule has 3 aromatic carbocycles. The molecule has 1 aliphatic rings. The fourth-order valence-corrected chi connectivity index (χ4v) is 6.56. The van der Waals surface area contributed by atoms with Crippen molar-refractivity contribution in [3.8, 4) is 5.75 Å². The summed E-state index contributed by atoms with van der Waals surface area (Å²) in [5.74, 6) is 0.598. The fraction of sp³-hybridized carbons (Fsp3) is 0.217. The largest absolute Gasteiger partial charge is 0.496 e. The van der Waals surface area contributed by atoms with E-state index in [2.05, 4.69) is 0 Å². The van der Waals surface area contributed by atoms with E-state index in [4.69, 9.17) is 4.74 Å². The zero-order valence-electron chi connectivity index (χ0n) is 17.6. The quantitative estimate of drug-likeness (QED) is 0.550. The van der Waals surface area contributed by atoms with Gasteiger partial charge in [-0.2, -0.15) is 8.61 Å². The monoisotopic (exact) mass is 472 g/mol. The Bertz CT molecular complexity index is 1350. The molecule has 7 nitrogen and oxygen atoms in total. The first-order valence-electron chi connectivity index (χ1n) is 10.1. The van der Waals surface area contributed by atoms with Gasteiger partial charge in [-0.3, -0.25) is 0 Å². The smallest absolute Gasteiger partial charge is 0.243 e. The molecule has 0 bridgehead atoms. The Balaban J connectivity index is 1.53. The molecule has 0 atom stereocenters. The van der Waals surface area contributed by atoms with Crippen molar-refractivity contribution in [1.82, 2.24) is 8.61 Å². The molecule has 1 saturated heterocycles. The van der Waals surface area contributed by atoms with Crippen LogP contribution in [0.4, 0.5) is 0 Å². The lowest BCUT2D eigenvalue weighted by Crippen LogP contribution is -2.49. The molecule has 0 saturated carbocycles. The van der Waals surface area contributed by atoms with Gasteiger partial charge in [0.05, 0.1) is 12.0 Å². The van der Waals surface area contributed by atoms with Crippen molar-refractivity contribution in [3.63, 3.8) is 0 Å². The molecule has 1 heterocycles. The van der Waals surface area contributed by atoms with Gasteiger partial charge in [-0.05, 0) is 23.8 Å². The van der Waals surface area contributed by atoms with Crippen molar-refractivity contribution < 1.29 is 21.6 Å². The number of benzene rings is 3. The minimum atomic E-state index is -3.80. The lowest BCUT2D eigenvalue weighted by molar-refractivity contribution is 0.275. The zero-order chi connectivity index (χ0) is 22.8. The predicted molar refractivity (Wildman–Crippen MR) is 125 cm³/mol. The van der Waals surface area contributed by atoms with Crippen LogP contribution < -0.4 is 4.74 Å². The van der Waals surface area contributed by atoms with Gasteiger partial charge in [0.25, 0.3) is 0 Å². The van der Waals surface area contributed by atoms with Crippen molar-refractivity contribution in [2.75, 3.05) is 33.3 Å². The first kappa shape index (κ1) is 22.5. The Morgan fingerprint density at radius 3 is 2.00 bits per heavy atom. The van der Waals surface area contributed by atoms with Crippen LogP contribution in [0.25, 0.3) is 16.8 Å². The van der Waals surface area contributed by atoms with E-state index in [1.807, 2.05) is 42.5 Å². The Labute approximate surface area is 188 Å². The number of hydrogen-bond acceptors (Lipinski definition) is 5. The van der Waals surface area contributed by atoms with Crippen LogP contribution in [0.15, 0.2) is 77.0 Å². The van der Waals surface area contributed by atoms with Crippen LogP contribution in [0.2, 0.25) is 0 Å². The molecule has 0 aliphatic carbocycles. The number of fused-ring (bicyclic) bond motifs is 1. The number of hydrogen-bond donors (Lipinski definition) is 0. The molecule has 3 aromatic rings. The van der Waals surface area contributed by atoms with Crippen molar-refractivity contribution in [3.05, 3.63) is 77.7 Å². The number of nitrogens with zero attached hydrogens (tertiary/aromatic N) is 2. The number of methoxy groups -OCH3 is 1. The van der Waals surface area contributed by atoms with Crippen molar-refractivity contribution in [2.45, 2.75) is 4.90 Å². The average molecular weight is 473 g/mol. The lowest BCUT2D eigenvalue weighted by atomic mass is 10.1. The van der Waals surface area contributed by atoms with Gasteiger partial charge < -0.3 is 4.74 Å². The van der Waals surface area contributed by atoms with Gasteiger partial charge in [0, 0.05) is 42.4 Å². The van der Waals surface area contributed by atoms with Crippen LogP contribution in [0, 0.1) is 0 Å². The summed E-state index contributed by atoms with van der Waals surface area (Å²) < 4.78 is 60.1. The predicted octanol–water partition coefficient (Wildman–Crippen LogP) is 3.16. The Kier molecular flexibility index (Phi) is 6.34. The van der Waals surface area contributed by atoms with E-state index in [1.165, 1.54) is 14.0 Å². The second-order valence-corrected chi connectivity index (χ2v) is 11.1. The van der Waals surface area contributed by atoms with Crippen molar-refractivity contribution in [1.29, 1.82) is 0 Å².